The first-order chi connectivity index (χ1) is 22.0. The second-order valence-electron chi connectivity index (χ2n) is 18.5. The Balaban J connectivity index is 1.36. The Morgan fingerprint density at radius 3 is 2.34 bits per heavy atom. The summed E-state index contributed by atoms with van der Waals surface area (Å²) in [6.45, 7) is 19.3. The monoisotopic (exact) mass is 655 g/mol. The summed E-state index contributed by atoms with van der Waals surface area (Å²) in [4.78, 5) is 26.0. The van der Waals surface area contributed by atoms with E-state index in [2.05, 4.69) is 54.5 Å². The minimum atomic E-state index is -0.635. The largest absolute Gasteiger partial charge is 0.481 e. The third kappa shape index (κ3) is 5.29. The number of hydrogen-bond donors (Lipinski definition) is 2. The average molecular weight is 656 g/mol. The zero-order chi connectivity index (χ0) is 34.2. The Morgan fingerprint density at radius 1 is 1.00 bits per heavy atom. The third-order valence-corrected chi connectivity index (χ3v) is 16.1. The van der Waals surface area contributed by atoms with Crippen LogP contribution in [-0.2, 0) is 23.8 Å². The first kappa shape index (κ1) is 35.4. The van der Waals surface area contributed by atoms with E-state index in [0.717, 1.165) is 32.1 Å². The second kappa shape index (κ2) is 12.4. The highest BCUT2D eigenvalue weighted by molar-refractivity contribution is 5.73. The number of carbonyl (C=O) groups excluding carboxylic acids is 1. The molecule has 3 N–H and O–H groups in total. The minimum absolute atomic E-state index is 0.0138. The van der Waals surface area contributed by atoms with E-state index in [4.69, 9.17) is 19.9 Å². The number of rotatable bonds is 8. The number of esters is 1. The molecule has 5 fully saturated rings. The van der Waals surface area contributed by atoms with Gasteiger partial charge in [0.05, 0.1) is 25.7 Å². The molecule has 1 saturated heterocycles. The van der Waals surface area contributed by atoms with Crippen LogP contribution in [0.4, 0.5) is 0 Å². The summed E-state index contributed by atoms with van der Waals surface area (Å²) in [7, 11) is 0. The van der Waals surface area contributed by atoms with E-state index in [1.807, 2.05) is 0 Å². The second-order valence-corrected chi connectivity index (χ2v) is 18.5. The van der Waals surface area contributed by atoms with E-state index in [1.54, 1.807) is 0 Å². The van der Waals surface area contributed by atoms with Gasteiger partial charge >= 0.3 is 11.9 Å². The molecule has 2 bridgehead atoms. The lowest BCUT2D eigenvalue weighted by Crippen LogP contribution is -2.70. The molecule has 0 spiro atoms. The number of carbonyl (C=O) groups is 2. The molecule has 5 aliphatic carbocycles. The average Bonchev–Trinajstić information content (AvgIpc) is 3.00. The summed E-state index contributed by atoms with van der Waals surface area (Å²) < 4.78 is 19.7. The molecule has 12 atom stereocenters. The number of aliphatic carboxylic acids is 1. The number of fused-ring (bicyclic) bond motifs is 3. The highest BCUT2D eigenvalue weighted by Crippen LogP contribution is 2.75. The predicted molar refractivity (Wildman–Crippen MR) is 183 cm³/mol. The fourth-order valence-corrected chi connectivity index (χ4v) is 13.1. The summed E-state index contributed by atoms with van der Waals surface area (Å²) in [6.07, 6.45) is 13.4. The first-order valence-electron chi connectivity index (χ1n) is 19.1. The summed E-state index contributed by atoms with van der Waals surface area (Å²) in [5, 5.41) is 11.0. The number of carboxylic acids is 1. The molecule has 1 aliphatic heterocycles. The third-order valence-electron chi connectivity index (χ3n) is 16.1. The van der Waals surface area contributed by atoms with Crippen LogP contribution in [0.3, 0.4) is 0 Å². The van der Waals surface area contributed by atoms with Gasteiger partial charge in [-0.15, -0.1) is 0 Å². The molecule has 0 amide bonds. The zero-order valence-corrected chi connectivity index (χ0v) is 30.7. The lowest BCUT2D eigenvalue weighted by molar-refractivity contribution is -0.267. The van der Waals surface area contributed by atoms with E-state index in [0.29, 0.717) is 49.9 Å². The lowest BCUT2D eigenvalue weighted by atomic mass is 9.34. The van der Waals surface area contributed by atoms with Crippen molar-refractivity contribution in [2.24, 2.45) is 68.3 Å². The topological polar surface area (TPSA) is 108 Å². The zero-order valence-electron chi connectivity index (χ0n) is 30.7. The van der Waals surface area contributed by atoms with Crippen LogP contribution in [0.2, 0.25) is 0 Å². The van der Waals surface area contributed by atoms with Crippen molar-refractivity contribution in [3.63, 3.8) is 0 Å². The standard InChI is InChI=1S/C40H65NO6/c1-24(2)25(3)36(5)18-19-38(7)28-14-15-32-37(6)22-45-23-40(32,29(28)16-17-39(38,8)33(36)35(43)44)20-31(47-26(4)42)34(37)46-21-30(41)27-12-10-9-11-13-27/h16,24-25,27-28,30-34H,9-15,17-23,41H2,1-8H3,(H,43,44)/t25-,28+,30?,31-,32+,33-,34+,36-,37?,38-,39+,40+/m1/s1. The minimum Gasteiger partial charge on any atom is -0.481 e. The maximum absolute atomic E-state index is 13.4. The van der Waals surface area contributed by atoms with Crippen LogP contribution in [0.1, 0.15) is 126 Å². The van der Waals surface area contributed by atoms with Crippen molar-refractivity contribution in [2.45, 2.75) is 144 Å². The van der Waals surface area contributed by atoms with Gasteiger partial charge in [-0.1, -0.05) is 79.4 Å². The van der Waals surface area contributed by atoms with Crippen LogP contribution in [0.5, 0.6) is 0 Å². The molecule has 2 unspecified atom stereocenters. The van der Waals surface area contributed by atoms with Crippen molar-refractivity contribution in [2.75, 3.05) is 19.8 Å². The number of nitrogens with two attached hydrogens (primary N) is 1. The van der Waals surface area contributed by atoms with Crippen LogP contribution in [0, 0.1) is 62.6 Å². The van der Waals surface area contributed by atoms with Crippen LogP contribution in [0.25, 0.3) is 0 Å². The van der Waals surface area contributed by atoms with Gasteiger partial charge in [0.15, 0.2) is 0 Å². The Hall–Kier alpha value is -1.44. The molecule has 6 rings (SSSR count). The van der Waals surface area contributed by atoms with Gasteiger partial charge in [0.25, 0.3) is 0 Å². The van der Waals surface area contributed by atoms with Crippen molar-refractivity contribution in [1.29, 1.82) is 0 Å². The molecule has 0 radical (unpaired) electrons. The maximum Gasteiger partial charge on any atom is 0.307 e. The fourth-order valence-electron chi connectivity index (χ4n) is 13.1. The fraction of sp³-hybridized carbons (Fsp3) is 0.900. The smallest absolute Gasteiger partial charge is 0.307 e. The van der Waals surface area contributed by atoms with E-state index >= 15 is 0 Å². The molecule has 7 heteroatoms. The van der Waals surface area contributed by atoms with Crippen LogP contribution < -0.4 is 5.73 Å². The summed E-state index contributed by atoms with van der Waals surface area (Å²) in [5.74, 6) is 0.515. The summed E-state index contributed by atoms with van der Waals surface area (Å²) in [6, 6.07) is -0.0138. The molecule has 1 heterocycles. The number of ether oxygens (including phenoxy) is 3. The van der Waals surface area contributed by atoms with Gasteiger partial charge in [-0.05, 0) is 97.2 Å². The molecular formula is C40H65NO6. The SMILES string of the molecule is CC(=O)O[C@@H]1C[C@@]23COCC(C)([C@H]1OCC(N)C1CCCCC1)[C@@H]2CC[C@H]1C3=CC[C@@]2(C)[C@H](C(=O)O)[C@@](C)([C@H](C)C(C)C)CC[C@]12C. The Morgan fingerprint density at radius 2 is 1.70 bits per heavy atom. The van der Waals surface area contributed by atoms with Gasteiger partial charge in [-0.25, -0.2) is 0 Å². The number of allylic oxidation sites excluding steroid dienone is 1. The number of hydrogen-bond acceptors (Lipinski definition) is 6. The van der Waals surface area contributed by atoms with Crippen LogP contribution >= 0.6 is 0 Å². The molecule has 0 aromatic rings. The van der Waals surface area contributed by atoms with Crippen molar-refractivity contribution in [3.8, 4) is 0 Å². The molecule has 47 heavy (non-hydrogen) atoms. The maximum atomic E-state index is 13.4. The Bertz CT molecular complexity index is 1240. The normalized spacial score (nSPS) is 46.3. The van der Waals surface area contributed by atoms with Crippen LogP contribution in [-0.4, -0.2) is 55.1 Å². The van der Waals surface area contributed by atoms with Gasteiger partial charge in [-0.2, -0.15) is 0 Å². The van der Waals surface area contributed by atoms with Crippen molar-refractivity contribution < 1.29 is 28.9 Å². The lowest BCUT2D eigenvalue weighted by Gasteiger charge is -2.71. The molecular weight excluding hydrogens is 590 g/mol. The van der Waals surface area contributed by atoms with E-state index in [-0.39, 0.29) is 57.2 Å². The van der Waals surface area contributed by atoms with E-state index in [9.17, 15) is 14.7 Å². The molecule has 266 valence electrons. The quantitative estimate of drug-likeness (QED) is 0.203. The van der Waals surface area contributed by atoms with E-state index in [1.165, 1.54) is 44.6 Å². The molecule has 0 aromatic heterocycles. The summed E-state index contributed by atoms with van der Waals surface area (Å²) in [5.41, 5.74) is 6.86. The molecule has 4 saturated carbocycles. The molecule has 0 aromatic carbocycles. The van der Waals surface area contributed by atoms with Gasteiger partial charge in [0.2, 0.25) is 0 Å². The van der Waals surface area contributed by atoms with Crippen molar-refractivity contribution in [1.82, 2.24) is 0 Å². The van der Waals surface area contributed by atoms with Gasteiger partial charge in [0.1, 0.15) is 12.2 Å². The molecule has 7 nitrogen and oxygen atoms in total. The van der Waals surface area contributed by atoms with E-state index < -0.39 is 11.9 Å². The van der Waals surface area contributed by atoms with Gasteiger partial charge in [-0.3, -0.25) is 9.59 Å². The van der Waals surface area contributed by atoms with Gasteiger partial charge < -0.3 is 25.1 Å². The Labute approximate surface area is 284 Å². The number of carboxylic acid groups (broad SMARTS) is 1. The Kier molecular flexibility index (Phi) is 9.34. The highest BCUT2D eigenvalue weighted by atomic mass is 16.6. The van der Waals surface area contributed by atoms with Gasteiger partial charge in [0, 0.05) is 23.8 Å². The van der Waals surface area contributed by atoms with Crippen molar-refractivity contribution >= 4 is 11.9 Å². The first-order valence-corrected chi connectivity index (χ1v) is 19.1. The molecule has 6 aliphatic rings. The highest BCUT2D eigenvalue weighted by Gasteiger charge is 2.72. The summed E-state index contributed by atoms with van der Waals surface area (Å²) >= 11 is 0. The van der Waals surface area contributed by atoms with Crippen molar-refractivity contribution in [3.05, 3.63) is 11.6 Å². The predicted octanol–water partition coefficient (Wildman–Crippen LogP) is 7.80. The van der Waals surface area contributed by atoms with Crippen LogP contribution in [0.15, 0.2) is 11.6 Å².